The van der Waals surface area contributed by atoms with Crippen LogP contribution < -0.4 is 14.8 Å². The molecule has 0 bridgehead atoms. The van der Waals surface area contributed by atoms with E-state index in [-0.39, 0.29) is 6.61 Å². The highest BCUT2D eigenvalue weighted by atomic mass is 16.5. The molecule has 1 aliphatic heterocycles. The van der Waals surface area contributed by atoms with Gasteiger partial charge in [0.05, 0.1) is 13.2 Å². The van der Waals surface area contributed by atoms with Gasteiger partial charge in [0.25, 0.3) is 0 Å². The monoisotopic (exact) mass is 295 g/mol. The van der Waals surface area contributed by atoms with Gasteiger partial charge in [0.1, 0.15) is 24.2 Å². The molecule has 0 aromatic heterocycles. The van der Waals surface area contributed by atoms with E-state index in [0.29, 0.717) is 24.4 Å². The van der Waals surface area contributed by atoms with E-state index in [1.54, 1.807) is 13.2 Å². The predicted molar refractivity (Wildman–Crippen MR) is 80.9 cm³/mol. The zero-order chi connectivity index (χ0) is 15.1. The minimum Gasteiger partial charge on any atom is -0.497 e. The standard InChI is InChI=1S/C16H25NO4/c1-12-8-13(6-7-20-12)17-10-14(18)11-21-16-5-3-4-15(9-16)19-2/h3-5,9,12-14,17-18H,6-8,10-11H2,1-2H3. The summed E-state index contributed by atoms with van der Waals surface area (Å²) in [5.41, 5.74) is 0. The molecule has 0 spiro atoms. The predicted octanol–water partition coefficient (Wildman–Crippen LogP) is 1.59. The SMILES string of the molecule is COc1cccc(OCC(O)CNC2CCOC(C)C2)c1. The van der Waals surface area contributed by atoms with E-state index in [9.17, 15) is 5.11 Å². The quantitative estimate of drug-likeness (QED) is 0.800. The molecule has 0 amide bonds. The van der Waals surface area contributed by atoms with Gasteiger partial charge in [-0.25, -0.2) is 0 Å². The van der Waals surface area contributed by atoms with E-state index in [1.165, 1.54) is 0 Å². The summed E-state index contributed by atoms with van der Waals surface area (Å²) in [6.07, 6.45) is 1.74. The van der Waals surface area contributed by atoms with E-state index in [0.717, 1.165) is 25.2 Å². The molecule has 2 rings (SSSR count). The highest BCUT2D eigenvalue weighted by molar-refractivity contribution is 5.32. The molecule has 1 fully saturated rings. The van der Waals surface area contributed by atoms with Crippen molar-refractivity contribution in [3.63, 3.8) is 0 Å². The lowest BCUT2D eigenvalue weighted by Crippen LogP contribution is -2.42. The molecule has 1 aromatic rings. The molecule has 3 atom stereocenters. The topological polar surface area (TPSA) is 60.0 Å². The van der Waals surface area contributed by atoms with Gasteiger partial charge in [-0.05, 0) is 31.9 Å². The summed E-state index contributed by atoms with van der Waals surface area (Å²) in [5, 5.41) is 13.4. The minimum absolute atomic E-state index is 0.263. The Morgan fingerprint density at radius 2 is 2.24 bits per heavy atom. The molecule has 1 heterocycles. The first-order valence-electron chi connectivity index (χ1n) is 7.47. The third-order valence-electron chi connectivity index (χ3n) is 3.61. The number of rotatable bonds is 7. The van der Waals surface area contributed by atoms with Gasteiger partial charge in [-0.15, -0.1) is 0 Å². The average Bonchev–Trinajstić information content (AvgIpc) is 2.51. The second-order valence-electron chi connectivity index (χ2n) is 5.45. The third kappa shape index (κ3) is 5.53. The van der Waals surface area contributed by atoms with E-state index >= 15 is 0 Å². The zero-order valence-corrected chi connectivity index (χ0v) is 12.7. The lowest BCUT2D eigenvalue weighted by atomic mass is 10.0. The van der Waals surface area contributed by atoms with Crippen LogP contribution in [0.4, 0.5) is 0 Å². The third-order valence-corrected chi connectivity index (χ3v) is 3.61. The van der Waals surface area contributed by atoms with Crippen LogP contribution in [0.5, 0.6) is 11.5 Å². The molecule has 1 aromatic carbocycles. The van der Waals surface area contributed by atoms with Crippen molar-refractivity contribution in [2.24, 2.45) is 0 Å². The molecule has 21 heavy (non-hydrogen) atoms. The number of aliphatic hydroxyl groups is 1. The van der Waals surface area contributed by atoms with Crippen LogP contribution in [0.2, 0.25) is 0 Å². The first kappa shape index (κ1) is 16.1. The van der Waals surface area contributed by atoms with E-state index in [1.807, 2.05) is 18.2 Å². The molecule has 0 aliphatic carbocycles. The van der Waals surface area contributed by atoms with Crippen LogP contribution in [-0.4, -0.2) is 50.2 Å². The van der Waals surface area contributed by atoms with Crippen molar-refractivity contribution >= 4 is 0 Å². The first-order chi connectivity index (χ1) is 10.2. The number of aliphatic hydroxyl groups excluding tert-OH is 1. The fraction of sp³-hybridized carbons (Fsp3) is 0.625. The molecular weight excluding hydrogens is 270 g/mol. The van der Waals surface area contributed by atoms with Crippen molar-refractivity contribution in [3.8, 4) is 11.5 Å². The van der Waals surface area contributed by atoms with Gasteiger partial charge < -0.3 is 24.6 Å². The molecule has 1 aliphatic rings. The van der Waals surface area contributed by atoms with Gasteiger partial charge in [-0.1, -0.05) is 6.07 Å². The molecule has 0 radical (unpaired) electrons. The Morgan fingerprint density at radius 3 is 3.00 bits per heavy atom. The van der Waals surface area contributed by atoms with Crippen molar-refractivity contribution in [2.75, 3.05) is 26.9 Å². The first-order valence-corrected chi connectivity index (χ1v) is 7.47. The lowest BCUT2D eigenvalue weighted by Gasteiger charge is -2.28. The number of ether oxygens (including phenoxy) is 3. The van der Waals surface area contributed by atoms with Crippen LogP contribution >= 0.6 is 0 Å². The Bertz CT molecular complexity index is 426. The number of hydrogen-bond donors (Lipinski definition) is 2. The van der Waals surface area contributed by atoms with Gasteiger partial charge in [0, 0.05) is 25.3 Å². The Kier molecular flexibility index (Phi) is 6.29. The van der Waals surface area contributed by atoms with Crippen LogP contribution in [0.25, 0.3) is 0 Å². The molecule has 5 nitrogen and oxygen atoms in total. The largest absolute Gasteiger partial charge is 0.497 e. The van der Waals surface area contributed by atoms with Gasteiger partial charge >= 0.3 is 0 Å². The summed E-state index contributed by atoms with van der Waals surface area (Å²) in [6.45, 7) is 3.66. The summed E-state index contributed by atoms with van der Waals surface area (Å²) in [4.78, 5) is 0. The number of hydrogen-bond acceptors (Lipinski definition) is 5. The van der Waals surface area contributed by atoms with E-state index < -0.39 is 6.10 Å². The molecule has 3 unspecified atom stereocenters. The summed E-state index contributed by atoms with van der Waals surface area (Å²) < 4.78 is 16.2. The van der Waals surface area contributed by atoms with Crippen LogP contribution in [-0.2, 0) is 4.74 Å². The highest BCUT2D eigenvalue weighted by Crippen LogP contribution is 2.19. The fourth-order valence-electron chi connectivity index (χ4n) is 2.43. The number of nitrogens with one attached hydrogen (secondary N) is 1. The van der Waals surface area contributed by atoms with Crippen molar-refractivity contribution in [1.82, 2.24) is 5.32 Å². The van der Waals surface area contributed by atoms with Crippen molar-refractivity contribution < 1.29 is 19.3 Å². The Balaban J connectivity index is 1.68. The molecule has 1 saturated heterocycles. The van der Waals surface area contributed by atoms with Crippen molar-refractivity contribution in [2.45, 2.75) is 38.0 Å². The molecule has 2 N–H and O–H groups in total. The van der Waals surface area contributed by atoms with Crippen molar-refractivity contribution in [1.29, 1.82) is 0 Å². The molecular formula is C16H25NO4. The number of benzene rings is 1. The maximum absolute atomic E-state index is 9.98. The second kappa shape index (κ2) is 8.22. The smallest absolute Gasteiger partial charge is 0.123 e. The number of methoxy groups -OCH3 is 1. The highest BCUT2D eigenvalue weighted by Gasteiger charge is 2.19. The van der Waals surface area contributed by atoms with Gasteiger partial charge in [0.2, 0.25) is 0 Å². The maximum atomic E-state index is 9.98. The van der Waals surface area contributed by atoms with Crippen LogP contribution in [0.3, 0.4) is 0 Å². The summed E-state index contributed by atoms with van der Waals surface area (Å²) in [5.74, 6) is 1.45. The normalized spacial score (nSPS) is 23.6. The Morgan fingerprint density at radius 1 is 1.43 bits per heavy atom. The minimum atomic E-state index is -0.533. The lowest BCUT2D eigenvalue weighted by molar-refractivity contribution is 0.00966. The van der Waals surface area contributed by atoms with Crippen molar-refractivity contribution in [3.05, 3.63) is 24.3 Å². The van der Waals surface area contributed by atoms with E-state index in [4.69, 9.17) is 14.2 Å². The van der Waals surface area contributed by atoms with Crippen LogP contribution in [0, 0.1) is 0 Å². The second-order valence-corrected chi connectivity index (χ2v) is 5.45. The van der Waals surface area contributed by atoms with Crippen LogP contribution in [0.1, 0.15) is 19.8 Å². The molecule has 0 saturated carbocycles. The maximum Gasteiger partial charge on any atom is 0.123 e. The molecule has 118 valence electrons. The van der Waals surface area contributed by atoms with E-state index in [2.05, 4.69) is 12.2 Å². The fourth-order valence-corrected chi connectivity index (χ4v) is 2.43. The average molecular weight is 295 g/mol. The zero-order valence-electron chi connectivity index (χ0n) is 12.7. The molecule has 5 heteroatoms. The van der Waals surface area contributed by atoms with Gasteiger partial charge in [-0.2, -0.15) is 0 Å². The Labute approximate surface area is 126 Å². The summed E-state index contributed by atoms with van der Waals surface area (Å²) >= 11 is 0. The summed E-state index contributed by atoms with van der Waals surface area (Å²) in [7, 11) is 1.62. The van der Waals surface area contributed by atoms with Crippen LogP contribution in [0.15, 0.2) is 24.3 Å². The van der Waals surface area contributed by atoms with Gasteiger partial charge in [0.15, 0.2) is 0 Å². The Hall–Kier alpha value is -1.30. The summed E-state index contributed by atoms with van der Waals surface area (Å²) in [6, 6.07) is 7.79. The van der Waals surface area contributed by atoms with Gasteiger partial charge in [-0.3, -0.25) is 0 Å².